The van der Waals surface area contributed by atoms with Crippen LogP contribution in [0.2, 0.25) is 0 Å². The Balaban J connectivity index is 1.21. The van der Waals surface area contributed by atoms with Gasteiger partial charge in [0.25, 0.3) is 11.5 Å². The summed E-state index contributed by atoms with van der Waals surface area (Å²) in [7, 11) is 0. The monoisotopic (exact) mass is 695 g/mol. The summed E-state index contributed by atoms with van der Waals surface area (Å²) in [5.41, 5.74) is 6.31. The van der Waals surface area contributed by atoms with Crippen LogP contribution >= 0.6 is 0 Å². The van der Waals surface area contributed by atoms with Crippen molar-refractivity contribution >= 4 is 52.5 Å². The van der Waals surface area contributed by atoms with Crippen molar-refractivity contribution in [3.05, 3.63) is 52.1 Å². The fraction of sp³-hybridized carbons (Fsp3) is 0.452. The van der Waals surface area contributed by atoms with Gasteiger partial charge in [-0.3, -0.25) is 29.1 Å². The van der Waals surface area contributed by atoms with Gasteiger partial charge in [0.05, 0.1) is 24.9 Å². The third kappa shape index (κ3) is 10.9. The number of anilines is 2. The van der Waals surface area contributed by atoms with Crippen LogP contribution in [0.1, 0.15) is 42.2 Å². The van der Waals surface area contributed by atoms with Gasteiger partial charge in [-0.2, -0.15) is 4.98 Å². The number of aromatic nitrogens is 4. The molecule has 50 heavy (non-hydrogen) atoms. The molecule has 0 saturated carbocycles. The molecule has 0 unspecified atom stereocenters. The van der Waals surface area contributed by atoms with Crippen molar-refractivity contribution in [2.75, 3.05) is 56.9 Å². The van der Waals surface area contributed by atoms with Crippen LogP contribution in [-0.4, -0.2) is 128 Å². The number of benzene rings is 1. The zero-order valence-corrected chi connectivity index (χ0v) is 27.5. The number of nitrogens with zero attached hydrogens (tertiary/aromatic N) is 5. The summed E-state index contributed by atoms with van der Waals surface area (Å²) in [6, 6.07) is 3.13. The van der Waals surface area contributed by atoms with Gasteiger partial charge in [0.1, 0.15) is 12.1 Å². The summed E-state index contributed by atoms with van der Waals surface area (Å²) >= 11 is 0. The number of aromatic amines is 1. The Bertz CT molecular complexity index is 1740. The first-order valence-corrected chi connectivity index (χ1v) is 16.0. The normalized spacial score (nSPS) is 14.7. The average molecular weight is 696 g/mol. The summed E-state index contributed by atoms with van der Waals surface area (Å²) in [4.78, 5) is 92.5. The molecule has 1 aliphatic heterocycles. The summed E-state index contributed by atoms with van der Waals surface area (Å²) in [5.74, 6) is -4.89. The van der Waals surface area contributed by atoms with E-state index in [4.69, 9.17) is 5.73 Å². The molecule has 4 rings (SSSR count). The number of piperazine rings is 1. The van der Waals surface area contributed by atoms with E-state index in [2.05, 4.69) is 57.9 Å². The third-order valence-electron chi connectivity index (χ3n) is 8.06. The second kappa shape index (κ2) is 17.6. The van der Waals surface area contributed by atoms with E-state index in [0.29, 0.717) is 24.5 Å². The Labute approximate surface area is 286 Å². The highest BCUT2D eigenvalue weighted by Gasteiger charge is 2.26. The number of aliphatic carboxylic acids is 2. The SMILES string of the molecule is CCN1CCN(CCNC(=O)C[C@H](NC(=O)CC[C@H](NC(=O)c2ccc(NCc3cnc4nc(N)[nH]c(=O)c4n3)cc2)C(=O)O)C(=O)O)CC1. The number of hydrogen-bond acceptors (Lipinski definition) is 13. The van der Waals surface area contributed by atoms with Gasteiger partial charge in [0, 0.05) is 56.9 Å². The van der Waals surface area contributed by atoms with E-state index in [-0.39, 0.29) is 35.6 Å². The van der Waals surface area contributed by atoms with E-state index >= 15 is 0 Å². The molecule has 3 heterocycles. The van der Waals surface area contributed by atoms with Crippen LogP contribution in [0.3, 0.4) is 0 Å². The van der Waals surface area contributed by atoms with E-state index in [1.165, 1.54) is 18.3 Å². The maximum absolute atomic E-state index is 12.8. The van der Waals surface area contributed by atoms with Gasteiger partial charge >= 0.3 is 11.9 Å². The fourth-order valence-corrected chi connectivity index (χ4v) is 5.17. The minimum absolute atomic E-state index is 0.0305. The van der Waals surface area contributed by atoms with Crippen LogP contribution in [-0.2, 0) is 25.7 Å². The second-order valence-corrected chi connectivity index (χ2v) is 11.6. The molecule has 1 fully saturated rings. The van der Waals surface area contributed by atoms with Gasteiger partial charge in [-0.15, -0.1) is 0 Å². The van der Waals surface area contributed by atoms with E-state index in [9.17, 15) is 39.0 Å². The maximum atomic E-state index is 12.8. The number of hydrogen-bond donors (Lipinski definition) is 8. The van der Waals surface area contributed by atoms with E-state index in [1.807, 2.05) is 0 Å². The smallest absolute Gasteiger partial charge is 0.326 e. The van der Waals surface area contributed by atoms with Gasteiger partial charge in [0.2, 0.25) is 17.8 Å². The molecule has 3 aromatic rings. The Hall–Kier alpha value is -5.69. The Morgan fingerprint density at radius 1 is 0.940 bits per heavy atom. The van der Waals surface area contributed by atoms with Crippen LogP contribution in [0.15, 0.2) is 35.3 Å². The zero-order valence-electron chi connectivity index (χ0n) is 27.5. The number of H-pyrrole nitrogens is 1. The number of rotatable bonds is 17. The molecule has 19 heteroatoms. The van der Waals surface area contributed by atoms with Crippen molar-refractivity contribution in [2.24, 2.45) is 0 Å². The first kappa shape index (κ1) is 37.1. The minimum Gasteiger partial charge on any atom is -0.480 e. The highest BCUT2D eigenvalue weighted by atomic mass is 16.4. The lowest BCUT2D eigenvalue weighted by Crippen LogP contribution is -2.49. The molecule has 9 N–H and O–H groups in total. The van der Waals surface area contributed by atoms with Crippen LogP contribution in [0.25, 0.3) is 11.2 Å². The largest absolute Gasteiger partial charge is 0.480 e. The molecule has 0 radical (unpaired) electrons. The van der Waals surface area contributed by atoms with Crippen molar-refractivity contribution in [1.82, 2.24) is 45.7 Å². The fourth-order valence-electron chi connectivity index (χ4n) is 5.17. The van der Waals surface area contributed by atoms with Crippen molar-refractivity contribution < 1.29 is 34.2 Å². The molecule has 3 amide bonds. The summed E-state index contributed by atoms with van der Waals surface area (Å²) in [6.07, 6.45) is 0.208. The maximum Gasteiger partial charge on any atom is 0.326 e. The highest BCUT2D eigenvalue weighted by molar-refractivity contribution is 5.97. The third-order valence-corrected chi connectivity index (χ3v) is 8.06. The predicted molar refractivity (Wildman–Crippen MR) is 180 cm³/mol. The molecule has 0 bridgehead atoms. The first-order valence-electron chi connectivity index (χ1n) is 16.0. The van der Waals surface area contributed by atoms with Gasteiger partial charge in [-0.1, -0.05) is 6.92 Å². The minimum atomic E-state index is -1.51. The molecular formula is C31H41N11O8. The topological polar surface area (TPSA) is 278 Å². The lowest BCUT2D eigenvalue weighted by atomic mass is 10.1. The standard InChI is InChI=1S/C31H41N11O8/c1-2-41-11-13-42(14-12-41)10-9-33-24(44)15-22(30(49)50)37-23(43)8-7-21(29(47)48)38-27(45)18-3-5-19(6-4-18)34-16-20-17-35-26-25(36-20)28(46)40-31(32)39-26/h3-6,17,21-22,34H,2,7-16H2,1H3,(H,33,44)(H,37,43)(H,38,45)(H,47,48)(H,49,50)(H3,32,35,39,40,46)/t21-,22-/m0/s1. The van der Waals surface area contributed by atoms with Crippen LogP contribution < -0.4 is 32.6 Å². The number of carboxylic acid groups (broad SMARTS) is 2. The van der Waals surface area contributed by atoms with E-state index in [0.717, 1.165) is 32.7 Å². The van der Waals surface area contributed by atoms with E-state index in [1.54, 1.807) is 12.1 Å². The number of carbonyl (C=O) groups is 5. The molecule has 1 saturated heterocycles. The lowest BCUT2D eigenvalue weighted by Gasteiger charge is -2.33. The number of likely N-dealkylation sites (N-methyl/N-ethyl adjacent to an activating group) is 1. The summed E-state index contributed by atoms with van der Waals surface area (Å²) in [6.45, 7) is 7.89. The average Bonchev–Trinajstić information content (AvgIpc) is 3.09. The first-order chi connectivity index (χ1) is 23.9. The molecule has 268 valence electrons. The Kier molecular flexibility index (Phi) is 13.1. The van der Waals surface area contributed by atoms with Gasteiger partial charge in [0.15, 0.2) is 11.2 Å². The zero-order chi connectivity index (χ0) is 36.2. The number of nitrogens with one attached hydrogen (secondary N) is 5. The van der Waals surface area contributed by atoms with Crippen molar-refractivity contribution in [3.63, 3.8) is 0 Å². The molecule has 2 atom stereocenters. The highest BCUT2D eigenvalue weighted by Crippen LogP contribution is 2.12. The van der Waals surface area contributed by atoms with Crippen molar-refractivity contribution in [1.29, 1.82) is 0 Å². The number of carbonyl (C=O) groups excluding carboxylic acids is 3. The van der Waals surface area contributed by atoms with Crippen molar-refractivity contribution in [2.45, 2.75) is 44.8 Å². The molecule has 0 spiro atoms. The van der Waals surface area contributed by atoms with Gasteiger partial charge in [-0.05, 0) is 37.2 Å². The van der Waals surface area contributed by atoms with E-state index < -0.39 is 60.1 Å². The number of fused-ring (bicyclic) bond motifs is 1. The molecule has 1 aliphatic rings. The predicted octanol–water partition coefficient (Wildman–Crippen LogP) is -1.42. The molecule has 1 aromatic carbocycles. The number of carboxylic acids is 2. The summed E-state index contributed by atoms with van der Waals surface area (Å²) in [5, 5.41) is 29.6. The second-order valence-electron chi connectivity index (χ2n) is 11.6. The number of nitrogens with two attached hydrogens (primary N) is 1. The van der Waals surface area contributed by atoms with Crippen LogP contribution in [0.4, 0.5) is 11.6 Å². The Morgan fingerprint density at radius 3 is 2.28 bits per heavy atom. The van der Waals surface area contributed by atoms with Gasteiger partial charge in [-0.25, -0.2) is 19.6 Å². The van der Waals surface area contributed by atoms with Gasteiger partial charge < -0.3 is 42.1 Å². The molecule has 19 nitrogen and oxygen atoms in total. The Morgan fingerprint density at radius 2 is 1.62 bits per heavy atom. The summed E-state index contributed by atoms with van der Waals surface area (Å²) < 4.78 is 0. The van der Waals surface area contributed by atoms with Crippen molar-refractivity contribution in [3.8, 4) is 0 Å². The van der Waals surface area contributed by atoms with Crippen LogP contribution in [0.5, 0.6) is 0 Å². The molecule has 0 aliphatic carbocycles. The molecular weight excluding hydrogens is 654 g/mol. The molecule has 2 aromatic heterocycles. The number of nitrogen functional groups attached to an aromatic ring is 1. The van der Waals surface area contributed by atoms with Crippen LogP contribution in [0, 0.1) is 0 Å². The number of amides is 3. The quantitative estimate of drug-likeness (QED) is 0.0805. The lowest BCUT2D eigenvalue weighted by molar-refractivity contribution is -0.144.